The highest BCUT2D eigenvalue weighted by atomic mass is 32.3. The molecule has 1 heterocycles. The summed E-state index contributed by atoms with van der Waals surface area (Å²) in [7, 11) is -2.21. The number of hydrogen-bond donors (Lipinski definition) is 3. The lowest BCUT2D eigenvalue weighted by Crippen LogP contribution is -2.04. The van der Waals surface area contributed by atoms with E-state index in [0.717, 1.165) is 0 Å². The number of hydrogen-bond acceptors (Lipinski definition) is 3. The first-order chi connectivity index (χ1) is 3.21. The Kier molecular flexibility index (Phi) is 1.25. The number of rotatable bonds is 0. The Morgan fingerprint density at radius 1 is 1.57 bits per heavy atom. The Morgan fingerprint density at radius 3 is 2.43 bits per heavy atom. The fourth-order valence-electron chi connectivity index (χ4n) is 0.444. The Morgan fingerprint density at radius 2 is 2.29 bits per heavy atom. The van der Waals surface area contributed by atoms with Gasteiger partial charge in [-0.3, -0.25) is 14.4 Å². The number of nitrogens with one attached hydrogen (secondary N) is 1. The van der Waals surface area contributed by atoms with Gasteiger partial charge in [-0.25, -0.2) is 0 Å². The molecular weight excluding hydrogens is 114 g/mol. The molecule has 0 unspecified atom stereocenters. The Hall–Kier alpha value is 0.230. The third-order valence-corrected chi connectivity index (χ3v) is 2.14. The Bertz CT molecular complexity index is 67.3. The van der Waals surface area contributed by atoms with E-state index in [9.17, 15) is 0 Å². The second-order valence-corrected chi connectivity index (χ2v) is 3.75. The molecule has 3 nitrogen and oxygen atoms in total. The van der Waals surface area contributed by atoms with Crippen molar-refractivity contribution >= 4 is 10.6 Å². The van der Waals surface area contributed by atoms with Crippen molar-refractivity contribution in [2.45, 2.75) is 0 Å². The van der Waals surface area contributed by atoms with Crippen molar-refractivity contribution in [3.63, 3.8) is 0 Å². The molecule has 4 heteroatoms. The van der Waals surface area contributed by atoms with Crippen LogP contribution in [0.4, 0.5) is 0 Å². The summed E-state index contributed by atoms with van der Waals surface area (Å²) in [4.78, 5) is 0. The molecule has 7 heavy (non-hydrogen) atoms. The molecule has 0 aromatic rings. The van der Waals surface area contributed by atoms with Gasteiger partial charge < -0.3 is 0 Å². The van der Waals surface area contributed by atoms with Crippen molar-refractivity contribution in [2.24, 2.45) is 0 Å². The lowest BCUT2D eigenvalue weighted by Gasteiger charge is -2.23. The SMILES string of the molecule is OS1(O)C[CH]NC1. The van der Waals surface area contributed by atoms with Gasteiger partial charge in [0.25, 0.3) is 0 Å². The molecule has 0 aliphatic carbocycles. The van der Waals surface area contributed by atoms with Crippen LogP contribution < -0.4 is 5.32 Å². The lowest BCUT2D eigenvalue weighted by atomic mass is 10.8. The third kappa shape index (κ3) is 1.31. The van der Waals surface area contributed by atoms with E-state index in [1.54, 1.807) is 6.54 Å². The summed E-state index contributed by atoms with van der Waals surface area (Å²) in [5, 5.41) is 2.72. The largest absolute Gasteiger partial charge is 0.298 e. The smallest absolute Gasteiger partial charge is 0.0870 e. The molecule has 1 aliphatic rings. The molecule has 1 rings (SSSR count). The highest BCUT2D eigenvalue weighted by molar-refractivity contribution is 8.24. The third-order valence-electron chi connectivity index (χ3n) is 0.809. The maximum Gasteiger partial charge on any atom is 0.0870 e. The molecule has 0 bridgehead atoms. The molecule has 1 saturated heterocycles. The maximum absolute atomic E-state index is 8.74. The predicted octanol–water partition coefficient (Wildman–Crippen LogP) is 0.459. The lowest BCUT2D eigenvalue weighted by molar-refractivity contribution is 0.495. The van der Waals surface area contributed by atoms with Gasteiger partial charge in [0.2, 0.25) is 0 Å². The van der Waals surface area contributed by atoms with Gasteiger partial charge in [0, 0.05) is 6.54 Å². The molecule has 0 atom stereocenters. The van der Waals surface area contributed by atoms with Crippen molar-refractivity contribution in [1.29, 1.82) is 0 Å². The zero-order chi connectivity index (χ0) is 5.33. The average Bonchev–Trinajstić information content (AvgIpc) is 1.84. The minimum absolute atomic E-state index is 0.340. The summed E-state index contributed by atoms with van der Waals surface area (Å²) in [6.07, 6.45) is 0. The van der Waals surface area contributed by atoms with Gasteiger partial charge in [-0.2, -0.15) is 10.6 Å². The molecule has 43 valence electrons. The summed E-state index contributed by atoms with van der Waals surface area (Å²) in [6.45, 7) is 1.68. The molecule has 0 amide bonds. The fourth-order valence-corrected chi connectivity index (χ4v) is 1.33. The highest BCUT2D eigenvalue weighted by Gasteiger charge is 2.16. The van der Waals surface area contributed by atoms with Crippen LogP contribution in [0.3, 0.4) is 0 Å². The summed E-state index contributed by atoms with van der Waals surface area (Å²) in [5.41, 5.74) is 0. The minimum Gasteiger partial charge on any atom is -0.298 e. The zero-order valence-electron chi connectivity index (χ0n) is 3.79. The van der Waals surface area contributed by atoms with E-state index in [1.807, 2.05) is 0 Å². The van der Waals surface area contributed by atoms with E-state index in [0.29, 0.717) is 11.6 Å². The van der Waals surface area contributed by atoms with E-state index >= 15 is 0 Å². The van der Waals surface area contributed by atoms with Crippen molar-refractivity contribution < 1.29 is 9.11 Å². The topological polar surface area (TPSA) is 52.5 Å². The van der Waals surface area contributed by atoms with Crippen LogP contribution in [0.2, 0.25) is 0 Å². The quantitative estimate of drug-likeness (QED) is 0.437. The summed E-state index contributed by atoms with van der Waals surface area (Å²) >= 11 is 0. The monoisotopic (exact) mass is 122 g/mol. The molecule has 0 aromatic carbocycles. The van der Waals surface area contributed by atoms with Crippen LogP contribution in [0.5, 0.6) is 0 Å². The first-order valence-electron chi connectivity index (χ1n) is 1.99. The highest BCUT2D eigenvalue weighted by Crippen LogP contribution is 2.40. The second kappa shape index (κ2) is 1.63. The summed E-state index contributed by atoms with van der Waals surface area (Å²) in [6, 6.07) is 0. The minimum atomic E-state index is -2.21. The van der Waals surface area contributed by atoms with E-state index in [4.69, 9.17) is 9.11 Å². The van der Waals surface area contributed by atoms with Crippen LogP contribution in [0, 0.1) is 6.54 Å². The van der Waals surface area contributed by atoms with Crippen LogP contribution in [-0.4, -0.2) is 20.7 Å². The van der Waals surface area contributed by atoms with Gasteiger partial charge >= 0.3 is 0 Å². The molecule has 1 fully saturated rings. The van der Waals surface area contributed by atoms with Crippen LogP contribution in [0.25, 0.3) is 0 Å². The Balaban J connectivity index is 2.40. The average molecular weight is 122 g/mol. The Labute approximate surface area is 44.1 Å². The molecule has 1 aliphatic heterocycles. The standard InChI is InChI=1S/C3H8NO2S/c5-7(6)2-1-4-3-7/h1,4-6H,2-3H2. The van der Waals surface area contributed by atoms with Crippen molar-refractivity contribution in [1.82, 2.24) is 5.32 Å². The fraction of sp³-hybridized carbons (Fsp3) is 0.667. The molecule has 0 aromatic heterocycles. The molecule has 0 spiro atoms. The summed E-state index contributed by atoms with van der Waals surface area (Å²) in [5.74, 6) is 0.750. The van der Waals surface area contributed by atoms with Crippen LogP contribution in [-0.2, 0) is 0 Å². The van der Waals surface area contributed by atoms with E-state index in [-0.39, 0.29) is 0 Å². The van der Waals surface area contributed by atoms with Crippen LogP contribution >= 0.6 is 10.6 Å². The van der Waals surface area contributed by atoms with Gasteiger partial charge in [0.05, 0.1) is 11.6 Å². The van der Waals surface area contributed by atoms with Gasteiger partial charge in [-0.05, 0) is 0 Å². The first-order valence-corrected chi connectivity index (χ1v) is 3.88. The normalized spacial score (nSPS) is 32.9. The first kappa shape index (κ1) is 5.37. The van der Waals surface area contributed by atoms with E-state index in [1.165, 1.54) is 0 Å². The van der Waals surface area contributed by atoms with Gasteiger partial charge in [0.1, 0.15) is 0 Å². The van der Waals surface area contributed by atoms with Crippen molar-refractivity contribution in [3.8, 4) is 0 Å². The molecular formula is C3H8NO2S. The molecule has 0 saturated carbocycles. The molecule has 1 radical (unpaired) electrons. The van der Waals surface area contributed by atoms with Crippen LogP contribution in [0.1, 0.15) is 0 Å². The van der Waals surface area contributed by atoms with Gasteiger partial charge in [-0.1, -0.05) is 0 Å². The van der Waals surface area contributed by atoms with Crippen molar-refractivity contribution in [3.05, 3.63) is 6.54 Å². The van der Waals surface area contributed by atoms with Gasteiger partial charge in [-0.15, -0.1) is 0 Å². The van der Waals surface area contributed by atoms with Crippen molar-refractivity contribution in [2.75, 3.05) is 11.6 Å². The second-order valence-electron chi connectivity index (χ2n) is 1.52. The summed E-state index contributed by atoms with van der Waals surface area (Å²) < 4.78 is 17.5. The van der Waals surface area contributed by atoms with E-state index < -0.39 is 10.6 Å². The van der Waals surface area contributed by atoms with Gasteiger partial charge in [0.15, 0.2) is 0 Å². The zero-order valence-corrected chi connectivity index (χ0v) is 4.61. The maximum atomic E-state index is 8.74. The van der Waals surface area contributed by atoms with E-state index in [2.05, 4.69) is 5.32 Å². The molecule has 3 N–H and O–H groups in total. The van der Waals surface area contributed by atoms with Crippen LogP contribution in [0.15, 0.2) is 0 Å². The predicted molar refractivity (Wildman–Crippen MR) is 30.0 cm³/mol.